The van der Waals surface area contributed by atoms with Gasteiger partial charge in [0, 0.05) is 11.6 Å². The van der Waals surface area contributed by atoms with Crippen molar-refractivity contribution in [3.8, 4) is 0 Å². The highest BCUT2D eigenvalue weighted by atomic mass is 16.4. The van der Waals surface area contributed by atoms with Gasteiger partial charge in [-0.25, -0.2) is 4.79 Å². The Morgan fingerprint density at radius 2 is 2.31 bits per heavy atom. The number of nitrogens with one attached hydrogen (secondary N) is 1. The van der Waals surface area contributed by atoms with Gasteiger partial charge >= 0.3 is 5.97 Å². The average Bonchev–Trinajstić information content (AvgIpc) is 2.57. The number of aryl methyl sites for hydroxylation is 1. The molecule has 0 saturated heterocycles. The highest BCUT2D eigenvalue weighted by Crippen LogP contribution is 2.14. The van der Waals surface area contributed by atoms with Crippen LogP contribution in [0.15, 0.2) is 10.5 Å². The lowest BCUT2D eigenvalue weighted by Crippen LogP contribution is -2.24. The summed E-state index contributed by atoms with van der Waals surface area (Å²) in [6.07, 6.45) is 2.23. The van der Waals surface area contributed by atoms with Crippen LogP contribution < -0.4 is 5.32 Å². The minimum absolute atomic E-state index is 0.0416. The molecular weight excluding hydrogens is 206 g/mol. The van der Waals surface area contributed by atoms with Gasteiger partial charge in [0.1, 0.15) is 5.76 Å². The molecule has 90 valence electrons. The van der Waals surface area contributed by atoms with Crippen molar-refractivity contribution in [3.63, 3.8) is 0 Å². The van der Waals surface area contributed by atoms with E-state index in [4.69, 9.17) is 9.52 Å². The van der Waals surface area contributed by atoms with Crippen molar-refractivity contribution in [2.24, 2.45) is 0 Å². The Labute approximate surface area is 95.7 Å². The summed E-state index contributed by atoms with van der Waals surface area (Å²) in [5.41, 5.74) is 0.674. The zero-order valence-electron chi connectivity index (χ0n) is 10.0. The molecule has 0 saturated carbocycles. The van der Waals surface area contributed by atoms with Crippen molar-refractivity contribution in [1.29, 1.82) is 0 Å². The van der Waals surface area contributed by atoms with Crippen molar-refractivity contribution in [3.05, 3.63) is 23.2 Å². The minimum Gasteiger partial charge on any atom is -0.475 e. The molecule has 4 nitrogen and oxygen atoms in total. The molecule has 1 aromatic heterocycles. The fourth-order valence-corrected chi connectivity index (χ4v) is 1.66. The number of carbonyl (C=O) groups is 1. The molecule has 0 aliphatic heterocycles. The van der Waals surface area contributed by atoms with Crippen LogP contribution in [0.5, 0.6) is 0 Å². The normalized spacial score (nSPS) is 12.7. The molecule has 1 unspecified atom stereocenters. The quantitative estimate of drug-likeness (QED) is 0.781. The summed E-state index contributed by atoms with van der Waals surface area (Å²) >= 11 is 0. The monoisotopic (exact) mass is 225 g/mol. The van der Waals surface area contributed by atoms with Gasteiger partial charge in [-0.15, -0.1) is 0 Å². The first-order chi connectivity index (χ1) is 7.54. The van der Waals surface area contributed by atoms with E-state index in [1.807, 2.05) is 0 Å². The van der Waals surface area contributed by atoms with Gasteiger partial charge in [-0.05, 0) is 26.3 Å². The summed E-state index contributed by atoms with van der Waals surface area (Å²) < 4.78 is 5.24. The molecule has 1 atom stereocenters. The highest BCUT2D eigenvalue weighted by molar-refractivity contribution is 5.86. The molecule has 0 aliphatic rings. The Bertz CT molecular complexity index is 357. The third-order valence-corrected chi connectivity index (χ3v) is 2.51. The topological polar surface area (TPSA) is 62.5 Å². The lowest BCUT2D eigenvalue weighted by Gasteiger charge is -2.10. The molecule has 0 fully saturated rings. The molecule has 0 aliphatic carbocycles. The first-order valence-electron chi connectivity index (χ1n) is 5.60. The Hall–Kier alpha value is -1.29. The van der Waals surface area contributed by atoms with E-state index in [1.54, 1.807) is 13.0 Å². The van der Waals surface area contributed by atoms with Crippen LogP contribution >= 0.6 is 0 Å². The Morgan fingerprint density at radius 1 is 1.62 bits per heavy atom. The summed E-state index contributed by atoms with van der Waals surface area (Å²) in [7, 11) is 0. The van der Waals surface area contributed by atoms with Gasteiger partial charge in [0.2, 0.25) is 5.76 Å². The summed E-state index contributed by atoms with van der Waals surface area (Å²) in [4.78, 5) is 10.8. The van der Waals surface area contributed by atoms with E-state index in [9.17, 15) is 4.79 Å². The molecule has 1 aromatic rings. The predicted molar refractivity (Wildman–Crippen MR) is 61.6 cm³/mol. The van der Waals surface area contributed by atoms with Crippen LogP contribution in [0.25, 0.3) is 0 Å². The summed E-state index contributed by atoms with van der Waals surface area (Å²) in [6.45, 7) is 6.57. The van der Waals surface area contributed by atoms with E-state index >= 15 is 0 Å². The molecule has 0 aromatic carbocycles. The zero-order valence-corrected chi connectivity index (χ0v) is 10.0. The fourth-order valence-electron chi connectivity index (χ4n) is 1.66. The molecular formula is C12H19NO3. The first-order valence-corrected chi connectivity index (χ1v) is 5.60. The number of hydrogen-bond donors (Lipinski definition) is 2. The van der Waals surface area contributed by atoms with E-state index in [1.165, 1.54) is 0 Å². The maximum Gasteiger partial charge on any atom is 0.372 e. The van der Waals surface area contributed by atoms with Crippen LogP contribution in [-0.4, -0.2) is 17.1 Å². The van der Waals surface area contributed by atoms with E-state index in [0.29, 0.717) is 23.9 Å². The van der Waals surface area contributed by atoms with Gasteiger partial charge in [0.25, 0.3) is 0 Å². The number of furan rings is 1. The average molecular weight is 225 g/mol. The van der Waals surface area contributed by atoms with Gasteiger partial charge in [-0.1, -0.05) is 13.3 Å². The highest BCUT2D eigenvalue weighted by Gasteiger charge is 2.14. The summed E-state index contributed by atoms with van der Waals surface area (Å²) in [6, 6.07) is 2.19. The second kappa shape index (κ2) is 5.70. The number of aromatic carboxylic acids is 1. The minimum atomic E-state index is -1.01. The smallest absolute Gasteiger partial charge is 0.372 e. The summed E-state index contributed by atoms with van der Waals surface area (Å²) in [5, 5.41) is 12.1. The lowest BCUT2D eigenvalue weighted by molar-refractivity contribution is 0.0659. The predicted octanol–water partition coefficient (Wildman–Crippen LogP) is 2.56. The Balaban J connectivity index is 2.55. The van der Waals surface area contributed by atoms with E-state index in [2.05, 4.69) is 19.2 Å². The van der Waals surface area contributed by atoms with Crippen molar-refractivity contribution in [2.45, 2.75) is 46.2 Å². The fraction of sp³-hybridized carbons (Fsp3) is 0.583. The van der Waals surface area contributed by atoms with Crippen LogP contribution in [0.3, 0.4) is 0 Å². The standard InChI is InChI=1S/C12H19NO3/c1-4-5-9(3)13-7-10-6-8(2)11(16-10)12(14)15/h6,9,13H,4-5,7H2,1-3H3,(H,14,15). The molecule has 2 N–H and O–H groups in total. The second-order valence-corrected chi connectivity index (χ2v) is 4.10. The molecule has 0 spiro atoms. The van der Waals surface area contributed by atoms with E-state index in [0.717, 1.165) is 12.8 Å². The molecule has 0 radical (unpaired) electrons. The van der Waals surface area contributed by atoms with E-state index < -0.39 is 5.97 Å². The van der Waals surface area contributed by atoms with Gasteiger partial charge in [-0.3, -0.25) is 0 Å². The van der Waals surface area contributed by atoms with Crippen LogP contribution in [0.2, 0.25) is 0 Å². The van der Waals surface area contributed by atoms with Crippen molar-refractivity contribution in [2.75, 3.05) is 0 Å². The van der Waals surface area contributed by atoms with Crippen LogP contribution in [0, 0.1) is 6.92 Å². The summed E-state index contributed by atoms with van der Waals surface area (Å²) in [5.74, 6) is -0.289. The SMILES string of the molecule is CCCC(C)NCc1cc(C)c(C(=O)O)o1. The van der Waals surface area contributed by atoms with Crippen molar-refractivity contribution in [1.82, 2.24) is 5.32 Å². The zero-order chi connectivity index (χ0) is 12.1. The molecule has 16 heavy (non-hydrogen) atoms. The van der Waals surface area contributed by atoms with Gasteiger partial charge in [-0.2, -0.15) is 0 Å². The molecule has 4 heteroatoms. The maximum absolute atomic E-state index is 10.8. The number of hydrogen-bond acceptors (Lipinski definition) is 3. The van der Waals surface area contributed by atoms with Gasteiger partial charge < -0.3 is 14.8 Å². The number of carboxylic acids is 1. The molecule has 1 heterocycles. The second-order valence-electron chi connectivity index (χ2n) is 4.10. The number of rotatable bonds is 6. The first kappa shape index (κ1) is 12.8. The Kier molecular flexibility index (Phi) is 4.55. The Morgan fingerprint density at radius 3 is 2.81 bits per heavy atom. The van der Waals surface area contributed by atoms with Gasteiger partial charge in [0.05, 0.1) is 6.54 Å². The largest absolute Gasteiger partial charge is 0.475 e. The van der Waals surface area contributed by atoms with Crippen LogP contribution in [-0.2, 0) is 6.54 Å². The lowest BCUT2D eigenvalue weighted by atomic mass is 10.2. The van der Waals surface area contributed by atoms with E-state index in [-0.39, 0.29) is 5.76 Å². The van der Waals surface area contributed by atoms with Crippen molar-refractivity contribution >= 4 is 5.97 Å². The molecule has 0 bridgehead atoms. The van der Waals surface area contributed by atoms with Gasteiger partial charge in [0.15, 0.2) is 0 Å². The number of carboxylic acid groups (broad SMARTS) is 1. The van der Waals surface area contributed by atoms with Crippen LogP contribution in [0.4, 0.5) is 0 Å². The third kappa shape index (κ3) is 3.38. The maximum atomic E-state index is 10.8. The van der Waals surface area contributed by atoms with Crippen LogP contribution in [0.1, 0.15) is 48.6 Å². The van der Waals surface area contributed by atoms with Crippen molar-refractivity contribution < 1.29 is 14.3 Å². The molecule has 0 amide bonds. The third-order valence-electron chi connectivity index (χ3n) is 2.51. The molecule has 1 rings (SSSR count).